The third kappa shape index (κ3) is 5.34. The second-order valence-corrected chi connectivity index (χ2v) is 7.74. The first-order valence-corrected chi connectivity index (χ1v) is 10.2. The first-order chi connectivity index (χ1) is 14.0. The van der Waals surface area contributed by atoms with Gasteiger partial charge in [0, 0.05) is 19.5 Å². The molecule has 0 spiro atoms. The van der Waals surface area contributed by atoms with Gasteiger partial charge in [-0.2, -0.15) is 0 Å². The monoisotopic (exact) mass is 396 g/mol. The summed E-state index contributed by atoms with van der Waals surface area (Å²) in [5.74, 6) is -0.556. The molecule has 1 aromatic heterocycles. The zero-order valence-electron chi connectivity index (χ0n) is 16.9. The highest BCUT2D eigenvalue weighted by Crippen LogP contribution is 2.19. The van der Waals surface area contributed by atoms with Gasteiger partial charge in [0.15, 0.2) is 0 Å². The van der Waals surface area contributed by atoms with E-state index in [1.807, 2.05) is 18.2 Å². The summed E-state index contributed by atoms with van der Waals surface area (Å²) in [7, 11) is 0. The van der Waals surface area contributed by atoms with Crippen LogP contribution in [0.15, 0.2) is 45.6 Å². The predicted octanol–water partition coefficient (Wildman–Crippen LogP) is 2.85. The number of hydrogen-bond donors (Lipinski definition) is 1. The standard InChI is InChI=1S/C23H28N2O4/c1-16-14-19(12-7-10-17-8-3-2-4-9-17)29-23(28)20(16)22(27)25-13-6-5-11-18(15-25)21(24)26/h2-4,8-9,14,18H,5-7,10-13,15H2,1H3,(H2,24,26). The molecule has 1 aliphatic rings. The van der Waals surface area contributed by atoms with Crippen LogP contribution >= 0.6 is 0 Å². The Morgan fingerprint density at radius 3 is 2.62 bits per heavy atom. The van der Waals surface area contributed by atoms with E-state index in [2.05, 4.69) is 12.1 Å². The van der Waals surface area contributed by atoms with Crippen molar-refractivity contribution in [3.05, 3.63) is 69.3 Å². The molecule has 2 heterocycles. The van der Waals surface area contributed by atoms with Crippen molar-refractivity contribution >= 4 is 11.8 Å². The predicted molar refractivity (Wildman–Crippen MR) is 111 cm³/mol. The molecule has 1 saturated heterocycles. The van der Waals surface area contributed by atoms with Crippen molar-refractivity contribution in [2.75, 3.05) is 13.1 Å². The summed E-state index contributed by atoms with van der Waals surface area (Å²) in [5, 5.41) is 0. The van der Waals surface area contributed by atoms with Gasteiger partial charge in [-0.1, -0.05) is 36.8 Å². The molecule has 0 radical (unpaired) electrons. The Kier molecular flexibility index (Phi) is 6.86. The Bertz CT molecular complexity index is 920. The van der Waals surface area contributed by atoms with E-state index in [1.165, 1.54) is 5.56 Å². The van der Waals surface area contributed by atoms with E-state index in [-0.39, 0.29) is 23.9 Å². The maximum absolute atomic E-state index is 13.0. The number of nitrogens with two attached hydrogens (primary N) is 1. The second-order valence-electron chi connectivity index (χ2n) is 7.74. The van der Waals surface area contributed by atoms with Crippen LogP contribution in [0.1, 0.15) is 52.9 Å². The molecule has 2 amide bonds. The molecule has 1 aliphatic heterocycles. The molecule has 1 unspecified atom stereocenters. The Morgan fingerprint density at radius 2 is 1.93 bits per heavy atom. The molecule has 0 bridgehead atoms. The average molecular weight is 396 g/mol. The van der Waals surface area contributed by atoms with Crippen molar-refractivity contribution in [3.63, 3.8) is 0 Å². The second kappa shape index (κ2) is 9.54. The van der Waals surface area contributed by atoms with E-state index < -0.39 is 11.5 Å². The topological polar surface area (TPSA) is 93.6 Å². The molecule has 2 N–H and O–H groups in total. The van der Waals surface area contributed by atoms with Gasteiger partial charge in [0.05, 0.1) is 5.92 Å². The lowest BCUT2D eigenvalue weighted by atomic mass is 10.0. The summed E-state index contributed by atoms with van der Waals surface area (Å²) in [5.41, 5.74) is 6.75. The number of carbonyl (C=O) groups is 2. The molecule has 1 atom stereocenters. The summed E-state index contributed by atoms with van der Waals surface area (Å²) < 4.78 is 5.45. The molecule has 1 aromatic carbocycles. The molecule has 2 aromatic rings. The minimum atomic E-state index is -0.607. The lowest BCUT2D eigenvalue weighted by molar-refractivity contribution is -0.122. The van der Waals surface area contributed by atoms with Crippen molar-refractivity contribution in [2.24, 2.45) is 11.7 Å². The SMILES string of the molecule is Cc1cc(CCCc2ccccc2)oc(=O)c1C(=O)N1CCCCC(C(N)=O)C1. The van der Waals surface area contributed by atoms with Crippen molar-refractivity contribution in [1.82, 2.24) is 4.90 Å². The number of amides is 2. The van der Waals surface area contributed by atoms with Gasteiger partial charge < -0.3 is 15.1 Å². The number of hydrogen-bond acceptors (Lipinski definition) is 4. The van der Waals surface area contributed by atoms with Crippen molar-refractivity contribution in [2.45, 2.75) is 45.4 Å². The fourth-order valence-corrected chi connectivity index (χ4v) is 3.88. The van der Waals surface area contributed by atoms with E-state index in [9.17, 15) is 14.4 Å². The average Bonchev–Trinajstić information content (AvgIpc) is 2.95. The molecule has 1 fully saturated rings. The number of benzene rings is 1. The van der Waals surface area contributed by atoms with Gasteiger partial charge in [-0.3, -0.25) is 9.59 Å². The Balaban J connectivity index is 1.70. The zero-order chi connectivity index (χ0) is 20.8. The van der Waals surface area contributed by atoms with Crippen LogP contribution in [0.3, 0.4) is 0 Å². The van der Waals surface area contributed by atoms with Gasteiger partial charge in [0.2, 0.25) is 5.91 Å². The molecule has 0 aliphatic carbocycles. The molecule has 3 rings (SSSR count). The van der Waals surface area contributed by atoms with E-state index in [0.29, 0.717) is 30.7 Å². The maximum atomic E-state index is 13.0. The van der Waals surface area contributed by atoms with Crippen LogP contribution in [0.4, 0.5) is 0 Å². The fraction of sp³-hybridized carbons (Fsp3) is 0.435. The Labute approximate surface area is 170 Å². The quantitative estimate of drug-likeness (QED) is 0.812. The minimum Gasteiger partial charge on any atom is -0.427 e. The summed E-state index contributed by atoms with van der Waals surface area (Å²) in [6.45, 7) is 2.53. The van der Waals surface area contributed by atoms with Gasteiger partial charge in [0.1, 0.15) is 11.3 Å². The smallest absolute Gasteiger partial charge is 0.349 e. The third-order valence-corrected chi connectivity index (χ3v) is 5.51. The number of likely N-dealkylation sites (tertiary alicyclic amines) is 1. The van der Waals surface area contributed by atoms with Gasteiger partial charge in [-0.05, 0) is 49.8 Å². The highest BCUT2D eigenvalue weighted by atomic mass is 16.4. The summed E-state index contributed by atoms with van der Waals surface area (Å²) in [4.78, 5) is 38.7. The van der Waals surface area contributed by atoms with Gasteiger partial charge in [-0.15, -0.1) is 0 Å². The first-order valence-electron chi connectivity index (χ1n) is 10.2. The van der Waals surface area contributed by atoms with Gasteiger partial charge in [0.25, 0.3) is 5.91 Å². The highest BCUT2D eigenvalue weighted by molar-refractivity contribution is 5.95. The fourth-order valence-electron chi connectivity index (χ4n) is 3.88. The van der Waals surface area contributed by atoms with Crippen molar-refractivity contribution < 1.29 is 14.0 Å². The zero-order valence-corrected chi connectivity index (χ0v) is 16.9. The van der Waals surface area contributed by atoms with Crippen LogP contribution in [-0.4, -0.2) is 29.8 Å². The van der Waals surface area contributed by atoms with Crippen LogP contribution in [0, 0.1) is 12.8 Å². The van der Waals surface area contributed by atoms with E-state index in [1.54, 1.807) is 17.9 Å². The van der Waals surface area contributed by atoms with Crippen molar-refractivity contribution in [1.29, 1.82) is 0 Å². The third-order valence-electron chi connectivity index (χ3n) is 5.51. The van der Waals surface area contributed by atoms with E-state index >= 15 is 0 Å². The minimum absolute atomic E-state index is 0.0573. The number of aryl methyl sites for hydroxylation is 3. The van der Waals surface area contributed by atoms with Crippen LogP contribution in [-0.2, 0) is 17.6 Å². The molecular weight excluding hydrogens is 368 g/mol. The lowest BCUT2D eigenvalue weighted by Crippen LogP contribution is -2.40. The lowest BCUT2D eigenvalue weighted by Gasteiger charge is -2.23. The molecule has 0 saturated carbocycles. The molecular formula is C23H28N2O4. The van der Waals surface area contributed by atoms with Crippen LogP contribution < -0.4 is 11.4 Å². The number of primary amides is 1. The molecule has 6 nitrogen and oxygen atoms in total. The van der Waals surface area contributed by atoms with Crippen LogP contribution in [0.2, 0.25) is 0 Å². The summed E-state index contributed by atoms with van der Waals surface area (Å²) in [6, 6.07) is 11.9. The Hall–Kier alpha value is -2.89. The molecule has 29 heavy (non-hydrogen) atoms. The number of rotatable bonds is 6. The van der Waals surface area contributed by atoms with E-state index in [0.717, 1.165) is 25.7 Å². The first kappa shape index (κ1) is 20.8. The summed E-state index contributed by atoms with van der Waals surface area (Å²) in [6.07, 6.45) is 4.68. The molecule has 6 heteroatoms. The van der Waals surface area contributed by atoms with Gasteiger partial charge in [-0.25, -0.2) is 4.79 Å². The van der Waals surface area contributed by atoms with Gasteiger partial charge >= 0.3 is 5.63 Å². The number of carbonyl (C=O) groups excluding carboxylic acids is 2. The molecule has 154 valence electrons. The number of nitrogens with zero attached hydrogens (tertiary/aromatic N) is 1. The largest absolute Gasteiger partial charge is 0.427 e. The Morgan fingerprint density at radius 1 is 1.17 bits per heavy atom. The normalized spacial score (nSPS) is 17.0. The van der Waals surface area contributed by atoms with Crippen molar-refractivity contribution in [3.8, 4) is 0 Å². The van der Waals surface area contributed by atoms with Crippen LogP contribution in [0.5, 0.6) is 0 Å². The maximum Gasteiger partial charge on any atom is 0.349 e. The van der Waals surface area contributed by atoms with Crippen LogP contribution in [0.25, 0.3) is 0 Å². The highest BCUT2D eigenvalue weighted by Gasteiger charge is 2.28. The summed E-state index contributed by atoms with van der Waals surface area (Å²) >= 11 is 0. The van der Waals surface area contributed by atoms with E-state index in [4.69, 9.17) is 10.2 Å².